The van der Waals surface area contributed by atoms with E-state index in [-0.39, 0.29) is 0 Å². The smallest absolute Gasteiger partial charge is 0.0445 e. The lowest BCUT2D eigenvalue weighted by molar-refractivity contribution is 0.325. The molecule has 3 nitrogen and oxygen atoms in total. The number of aromatic nitrogens is 1. The molecule has 1 saturated carbocycles. The second-order valence-corrected chi connectivity index (χ2v) is 7.61. The summed E-state index contributed by atoms with van der Waals surface area (Å²) in [5.41, 5.74) is 4.40. The third-order valence-electron chi connectivity index (χ3n) is 4.94. The van der Waals surface area contributed by atoms with Crippen molar-refractivity contribution in [1.82, 2.24) is 10.3 Å². The monoisotopic (exact) mass is 287 g/mol. The van der Waals surface area contributed by atoms with Crippen molar-refractivity contribution in [3.05, 3.63) is 23.5 Å². The lowest BCUT2D eigenvalue weighted by Gasteiger charge is -2.27. The molecule has 1 aromatic heterocycles. The molecule has 2 heterocycles. The molecule has 0 unspecified atom stereocenters. The summed E-state index contributed by atoms with van der Waals surface area (Å²) in [5, 5.41) is 3.64. The molecule has 0 bridgehead atoms. The largest absolute Gasteiger partial charge is 0.371 e. The van der Waals surface area contributed by atoms with E-state index in [1.54, 1.807) is 0 Å². The first kappa shape index (κ1) is 14.8. The van der Waals surface area contributed by atoms with E-state index in [4.69, 9.17) is 0 Å². The Kier molecular flexibility index (Phi) is 4.21. The Bertz CT molecular complexity index is 491. The van der Waals surface area contributed by atoms with E-state index < -0.39 is 0 Å². The average molecular weight is 287 g/mol. The van der Waals surface area contributed by atoms with E-state index in [9.17, 15) is 0 Å². The first-order valence-corrected chi connectivity index (χ1v) is 8.47. The van der Waals surface area contributed by atoms with Gasteiger partial charge in [-0.2, -0.15) is 0 Å². The van der Waals surface area contributed by atoms with Crippen molar-refractivity contribution >= 4 is 5.69 Å². The minimum Gasteiger partial charge on any atom is -0.371 e. The number of hydrogen-bond acceptors (Lipinski definition) is 3. The fraction of sp³-hybridized carbons (Fsp3) is 0.722. The molecule has 21 heavy (non-hydrogen) atoms. The van der Waals surface area contributed by atoms with Crippen LogP contribution < -0.4 is 10.2 Å². The van der Waals surface area contributed by atoms with Crippen LogP contribution in [0.5, 0.6) is 0 Å². The molecule has 2 aliphatic rings. The van der Waals surface area contributed by atoms with Gasteiger partial charge < -0.3 is 10.2 Å². The zero-order valence-corrected chi connectivity index (χ0v) is 13.8. The van der Waals surface area contributed by atoms with Gasteiger partial charge in [-0.25, -0.2) is 0 Å². The maximum absolute atomic E-state index is 4.52. The maximum Gasteiger partial charge on any atom is 0.0445 e. The SMILES string of the molecule is Cc1cc(N2CCCC(C)(C)CC2)c(CNC2CC2)cn1. The molecule has 116 valence electrons. The molecule has 1 saturated heterocycles. The number of anilines is 1. The molecule has 1 aliphatic heterocycles. The Morgan fingerprint density at radius 1 is 1.29 bits per heavy atom. The molecule has 3 heteroatoms. The van der Waals surface area contributed by atoms with Gasteiger partial charge in [-0.3, -0.25) is 4.98 Å². The van der Waals surface area contributed by atoms with Gasteiger partial charge in [-0.15, -0.1) is 0 Å². The van der Waals surface area contributed by atoms with Gasteiger partial charge in [0.15, 0.2) is 0 Å². The van der Waals surface area contributed by atoms with Gasteiger partial charge in [0.2, 0.25) is 0 Å². The van der Waals surface area contributed by atoms with Crippen LogP contribution in [0.1, 0.15) is 57.2 Å². The summed E-state index contributed by atoms with van der Waals surface area (Å²) < 4.78 is 0. The molecule has 3 rings (SSSR count). The lowest BCUT2D eigenvalue weighted by atomic mass is 9.85. The van der Waals surface area contributed by atoms with Gasteiger partial charge >= 0.3 is 0 Å². The summed E-state index contributed by atoms with van der Waals surface area (Å²) in [6, 6.07) is 3.03. The van der Waals surface area contributed by atoms with Crippen molar-refractivity contribution in [2.24, 2.45) is 5.41 Å². The van der Waals surface area contributed by atoms with Crippen molar-refractivity contribution in [1.29, 1.82) is 0 Å². The number of nitrogens with zero attached hydrogens (tertiary/aromatic N) is 2. The third-order valence-corrected chi connectivity index (χ3v) is 4.94. The Hall–Kier alpha value is -1.09. The van der Waals surface area contributed by atoms with Crippen LogP contribution in [0.3, 0.4) is 0 Å². The highest BCUT2D eigenvalue weighted by atomic mass is 15.1. The molecular weight excluding hydrogens is 258 g/mol. The van der Waals surface area contributed by atoms with E-state index in [0.29, 0.717) is 5.41 Å². The summed E-state index contributed by atoms with van der Waals surface area (Å²) in [5.74, 6) is 0. The molecule has 0 amide bonds. The zero-order valence-electron chi connectivity index (χ0n) is 13.8. The minimum absolute atomic E-state index is 0.489. The zero-order chi connectivity index (χ0) is 14.9. The topological polar surface area (TPSA) is 28.2 Å². The predicted octanol–water partition coefficient (Wildman–Crippen LogP) is 3.66. The van der Waals surface area contributed by atoms with Crippen molar-refractivity contribution in [3.8, 4) is 0 Å². The number of aryl methyl sites for hydroxylation is 1. The van der Waals surface area contributed by atoms with Crippen LogP contribution >= 0.6 is 0 Å². The lowest BCUT2D eigenvalue weighted by Crippen LogP contribution is -2.27. The van der Waals surface area contributed by atoms with Gasteiger partial charge in [-0.1, -0.05) is 13.8 Å². The number of hydrogen-bond donors (Lipinski definition) is 1. The number of pyridine rings is 1. The van der Waals surface area contributed by atoms with Crippen molar-refractivity contribution in [3.63, 3.8) is 0 Å². The summed E-state index contributed by atoms with van der Waals surface area (Å²) >= 11 is 0. The second-order valence-electron chi connectivity index (χ2n) is 7.61. The summed E-state index contributed by atoms with van der Waals surface area (Å²) in [6.07, 6.45) is 8.67. The quantitative estimate of drug-likeness (QED) is 0.916. The Morgan fingerprint density at radius 2 is 2.10 bits per heavy atom. The first-order chi connectivity index (χ1) is 10.0. The molecule has 0 atom stereocenters. The third kappa shape index (κ3) is 3.97. The van der Waals surface area contributed by atoms with E-state index >= 15 is 0 Å². The fourth-order valence-corrected chi connectivity index (χ4v) is 3.21. The van der Waals surface area contributed by atoms with Gasteiger partial charge in [0.05, 0.1) is 0 Å². The fourth-order valence-electron chi connectivity index (χ4n) is 3.21. The summed E-state index contributed by atoms with van der Waals surface area (Å²) in [7, 11) is 0. The molecule has 0 radical (unpaired) electrons. The minimum atomic E-state index is 0.489. The number of rotatable bonds is 4. The van der Waals surface area contributed by atoms with Crippen molar-refractivity contribution in [2.45, 2.75) is 65.5 Å². The van der Waals surface area contributed by atoms with Crippen LogP contribution in [0.4, 0.5) is 5.69 Å². The van der Waals surface area contributed by atoms with Crippen LogP contribution in [0.15, 0.2) is 12.3 Å². The first-order valence-electron chi connectivity index (χ1n) is 8.47. The van der Waals surface area contributed by atoms with Crippen LogP contribution in [-0.4, -0.2) is 24.1 Å². The molecule has 0 spiro atoms. The van der Waals surface area contributed by atoms with Crippen LogP contribution in [0.25, 0.3) is 0 Å². The highest BCUT2D eigenvalue weighted by molar-refractivity contribution is 5.53. The highest BCUT2D eigenvalue weighted by Crippen LogP contribution is 2.33. The average Bonchev–Trinajstić information content (AvgIpc) is 3.25. The van der Waals surface area contributed by atoms with Gasteiger partial charge in [0.1, 0.15) is 0 Å². The van der Waals surface area contributed by atoms with Gasteiger partial charge in [0, 0.05) is 48.8 Å². The molecular formula is C18H29N3. The summed E-state index contributed by atoms with van der Waals surface area (Å²) in [6.45, 7) is 10.2. The Labute approximate surface area is 129 Å². The molecule has 1 N–H and O–H groups in total. The molecule has 1 aliphatic carbocycles. The van der Waals surface area contributed by atoms with E-state index in [2.05, 4.69) is 48.2 Å². The van der Waals surface area contributed by atoms with E-state index in [0.717, 1.165) is 18.3 Å². The van der Waals surface area contributed by atoms with Crippen LogP contribution in [0, 0.1) is 12.3 Å². The van der Waals surface area contributed by atoms with Crippen LogP contribution in [0.2, 0.25) is 0 Å². The number of nitrogens with one attached hydrogen (secondary N) is 1. The Balaban J connectivity index is 1.76. The Morgan fingerprint density at radius 3 is 2.86 bits per heavy atom. The van der Waals surface area contributed by atoms with Crippen molar-refractivity contribution < 1.29 is 0 Å². The highest BCUT2D eigenvalue weighted by Gasteiger charge is 2.25. The summed E-state index contributed by atoms with van der Waals surface area (Å²) in [4.78, 5) is 7.11. The van der Waals surface area contributed by atoms with E-state index in [1.807, 2.05) is 0 Å². The van der Waals surface area contributed by atoms with Gasteiger partial charge in [-0.05, 0) is 50.5 Å². The predicted molar refractivity (Wildman–Crippen MR) is 88.7 cm³/mol. The molecule has 2 fully saturated rings. The van der Waals surface area contributed by atoms with E-state index in [1.165, 1.54) is 56.4 Å². The normalized spacial score (nSPS) is 22.1. The molecule has 0 aromatic carbocycles. The second kappa shape index (κ2) is 5.96. The van der Waals surface area contributed by atoms with Crippen LogP contribution in [-0.2, 0) is 6.54 Å². The molecule has 1 aromatic rings. The van der Waals surface area contributed by atoms with Gasteiger partial charge in [0.25, 0.3) is 0 Å². The standard InChI is InChI=1S/C18H29N3/c1-14-11-17(15(12-19-14)13-20-16-5-6-16)21-9-4-7-18(2,3)8-10-21/h11-12,16,20H,4-10,13H2,1-3H3. The van der Waals surface area contributed by atoms with Crippen molar-refractivity contribution in [2.75, 3.05) is 18.0 Å². The maximum atomic E-state index is 4.52.